The van der Waals surface area contributed by atoms with Crippen molar-refractivity contribution in [3.05, 3.63) is 0 Å². The molecule has 0 heterocycles. The topological polar surface area (TPSA) is 15.3 Å². The molecule has 0 bridgehead atoms. The van der Waals surface area contributed by atoms with Gasteiger partial charge in [0.25, 0.3) is 0 Å². The summed E-state index contributed by atoms with van der Waals surface area (Å²) in [6.45, 7) is 1.88. The van der Waals surface area contributed by atoms with Gasteiger partial charge in [-0.25, -0.2) is 0 Å². The summed E-state index contributed by atoms with van der Waals surface area (Å²) >= 11 is 0. The van der Waals surface area contributed by atoms with Gasteiger partial charge in [-0.3, -0.25) is 0 Å². The minimum absolute atomic E-state index is 0.0903. The molecular weight excluding hydrogens is 250 g/mol. The lowest BCUT2D eigenvalue weighted by atomic mass is 10.1. The van der Waals surface area contributed by atoms with Crippen LogP contribution in [0.1, 0.15) is 6.92 Å². The van der Waals surface area contributed by atoms with Gasteiger partial charge in [0, 0.05) is 19.6 Å². The fraction of sp³-hybridized carbons (Fsp3) is 1.00. The van der Waals surface area contributed by atoms with Crippen LogP contribution in [0.4, 0.5) is 26.3 Å². The Labute approximate surface area is 96.0 Å². The van der Waals surface area contributed by atoms with E-state index in [9.17, 15) is 26.3 Å². The van der Waals surface area contributed by atoms with Crippen molar-refractivity contribution in [3.63, 3.8) is 0 Å². The highest BCUT2D eigenvalue weighted by Crippen LogP contribution is 2.38. The Hall–Kier alpha value is -0.500. The van der Waals surface area contributed by atoms with E-state index in [1.54, 1.807) is 11.9 Å². The Morgan fingerprint density at radius 1 is 1.06 bits per heavy atom. The molecule has 8 heteroatoms. The molecule has 0 atom stereocenters. The van der Waals surface area contributed by atoms with E-state index in [4.69, 9.17) is 0 Å². The summed E-state index contributed by atoms with van der Waals surface area (Å²) in [6, 6.07) is 0. The number of alkyl halides is 6. The van der Waals surface area contributed by atoms with Gasteiger partial charge in [0.15, 0.2) is 5.92 Å². The molecule has 0 fully saturated rings. The zero-order chi connectivity index (χ0) is 13.7. The minimum atomic E-state index is -5.26. The monoisotopic (exact) mass is 266 g/mol. The fourth-order valence-electron chi connectivity index (χ4n) is 1.09. The second-order valence-electron chi connectivity index (χ2n) is 3.74. The molecule has 0 aromatic carbocycles. The first kappa shape index (κ1) is 16.5. The molecular formula is C9H16F6N2. The lowest BCUT2D eigenvalue weighted by Crippen LogP contribution is -2.44. The van der Waals surface area contributed by atoms with E-state index in [0.29, 0.717) is 13.1 Å². The average Bonchev–Trinajstić information content (AvgIpc) is 2.12. The second kappa shape index (κ2) is 6.44. The highest BCUT2D eigenvalue weighted by atomic mass is 19.4. The molecule has 0 aliphatic carbocycles. The van der Waals surface area contributed by atoms with E-state index in [2.05, 4.69) is 5.32 Å². The molecule has 0 aromatic heterocycles. The first-order valence-electron chi connectivity index (χ1n) is 5.11. The molecule has 0 spiro atoms. The molecule has 104 valence electrons. The van der Waals surface area contributed by atoms with Crippen molar-refractivity contribution in [1.82, 2.24) is 10.2 Å². The predicted octanol–water partition coefficient (Wildman–Crippen LogP) is 2.27. The van der Waals surface area contributed by atoms with Gasteiger partial charge in [-0.1, -0.05) is 6.92 Å². The fourth-order valence-corrected chi connectivity index (χ4v) is 1.09. The summed E-state index contributed by atoms with van der Waals surface area (Å²) in [7, 11) is 1.73. The van der Waals surface area contributed by atoms with Gasteiger partial charge in [0.05, 0.1) is 0 Å². The van der Waals surface area contributed by atoms with Gasteiger partial charge in [-0.15, -0.1) is 0 Å². The maximum atomic E-state index is 12.1. The molecule has 1 N–H and O–H groups in total. The molecule has 2 nitrogen and oxygen atoms in total. The van der Waals surface area contributed by atoms with Crippen LogP contribution >= 0.6 is 0 Å². The van der Waals surface area contributed by atoms with Crippen LogP contribution in [0.25, 0.3) is 0 Å². The third-order valence-electron chi connectivity index (χ3n) is 2.35. The van der Waals surface area contributed by atoms with E-state index < -0.39 is 24.8 Å². The molecule has 0 saturated carbocycles. The van der Waals surface area contributed by atoms with Crippen LogP contribution in [0.2, 0.25) is 0 Å². The lowest BCUT2D eigenvalue weighted by Gasteiger charge is -2.23. The Balaban J connectivity index is 4.12. The Morgan fingerprint density at radius 2 is 1.53 bits per heavy atom. The van der Waals surface area contributed by atoms with Crippen LogP contribution in [0.5, 0.6) is 0 Å². The Morgan fingerprint density at radius 3 is 1.88 bits per heavy atom. The van der Waals surface area contributed by atoms with Gasteiger partial charge < -0.3 is 10.2 Å². The Bertz CT molecular complexity index is 199. The van der Waals surface area contributed by atoms with Crippen LogP contribution in [-0.2, 0) is 0 Å². The van der Waals surface area contributed by atoms with Gasteiger partial charge in [0.1, 0.15) is 0 Å². The maximum absolute atomic E-state index is 12.1. The van der Waals surface area contributed by atoms with Crippen molar-refractivity contribution in [2.75, 3.05) is 33.2 Å². The van der Waals surface area contributed by atoms with E-state index in [-0.39, 0.29) is 6.54 Å². The Kier molecular flexibility index (Phi) is 6.25. The maximum Gasteiger partial charge on any atom is 0.401 e. The van der Waals surface area contributed by atoms with Gasteiger partial charge >= 0.3 is 12.4 Å². The van der Waals surface area contributed by atoms with Crippen LogP contribution in [0, 0.1) is 5.92 Å². The van der Waals surface area contributed by atoms with Gasteiger partial charge in [-0.05, 0) is 13.6 Å². The molecule has 0 radical (unpaired) electrons. The highest BCUT2D eigenvalue weighted by Gasteiger charge is 2.56. The van der Waals surface area contributed by atoms with E-state index in [1.165, 1.54) is 0 Å². The second-order valence-corrected chi connectivity index (χ2v) is 3.74. The van der Waals surface area contributed by atoms with E-state index >= 15 is 0 Å². The van der Waals surface area contributed by atoms with Gasteiger partial charge in [-0.2, -0.15) is 26.3 Å². The standard InChI is InChI=1S/C9H16F6N2/c1-3-17(2)5-4-16-6-7(8(10,11)12)9(13,14)15/h7,16H,3-6H2,1-2H3. The van der Waals surface area contributed by atoms with Crippen LogP contribution < -0.4 is 5.32 Å². The molecule has 0 saturated heterocycles. The summed E-state index contributed by atoms with van der Waals surface area (Å²) in [5.41, 5.74) is 0. The molecule has 0 aromatic rings. The van der Waals surface area contributed by atoms with Crippen molar-refractivity contribution in [1.29, 1.82) is 0 Å². The zero-order valence-corrected chi connectivity index (χ0v) is 9.62. The third-order valence-corrected chi connectivity index (χ3v) is 2.35. The summed E-state index contributed by atoms with van der Waals surface area (Å²) in [4.78, 5) is 1.78. The molecule has 0 amide bonds. The molecule has 17 heavy (non-hydrogen) atoms. The highest BCUT2D eigenvalue weighted by molar-refractivity contribution is 4.77. The minimum Gasteiger partial charge on any atom is -0.314 e. The van der Waals surface area contributed by atoms with Crippen molar-refractivity contribution >= 4 is 0 Å². The summed E-state index contributed by atoms with van der Waals surface area (Å²) in [6.07, 6.45) is -10.5. The molecule has 0 aliphatic heterocycles. The SMILES string of the molecule is CCN(C)CCNCC(C(F)(F)F)C(F)(F)F. The number of halogens is 6. The smallest absolute Gasteiger partial charge is 0.314 e. The predicted molar refractivity (Wildman–Crippen MR) is 51.6 cm³/mol. The molecule has 0 rings (SSSR count). The van der Waals surface area contributed by atoms with Crippen molar-refractivity contribution in [3.8, 4) is 0 Å². The average molecular weight is 266 g/mol. The number of hydrogen-bond acceptors (Lipinski definition) is 2. The first-order valence-corrected chi connectivity index (χ1v) is 5.11. The lowest BCUT2D eigenvalue weighted by molar-refractivity contribution is -0.281. The summed E-state index contributed by atoms with van der Waals surface area (Å²) in [5, 5.41) is 2.18. The van der Waals surface area contributed by atoms with Crippen molar-refractivity contribution in [2.24, 2.45) is 5.92 Å². The van der Waals surface area contributed by atoms with Gasteiger partial charge in [0.2, 0.25) is 0 Å². The first-order chi connectivity index (χ1) is 7.59. The normalized spacial score (nSPS) is 13.8. The van der Waals surface area contributed by atoms with Crippen LogP contribution in [0.15, 0.2) is 0 Å². The molecule has 0 unspecified atom stereocenters. The number of rotatable bonds is 6. The molecule has 0 aliphatic rings. The van der Waals surface area contributed by atoms with Crippen LogP contribution in [0.3, 0.4) is 0 Å². The number of nitrogens with zero attached hydrogens (tertiary/aromatic N) is 1. The third kappa shape index (κ3) is 6.72. The van der Waals surface area contributed by atoms with E-state index in [1.807, 2.05) is 6.92 Å². The number of nitrogens with one attached hydrogen (secondary N) is 1. The number of hydrogen-bond donors (Lipinski definition) is 1. The largest absolute Gasteiger partial charge is 0.401 e. The zero-order valence-electron chi connectivity index (χ0n) is 9.62. The van der Waals surface area contributed by atoms with Crippen LogP contribution in [-0.4, -0.2) is 50.5 Å². The number of likely N-dealkylation sites (N-methyl/N-ethyl adjacent to an activating group) is 1. The van der Waals surface area contributed by atoms with Crippen molar-refractivity contribution in [2.45, 2.75) is 19.3 Å². The summed E-state index contributed by atoms with van der Waals surface area (Å²) < 4.78 is 72.6. The van der Waals surface area contributed by atoms with E-state index in [0.717, 1.165) is 0 Å². The summed E-state index contributed by atoms with van der Waals surface area (Å²) in [5.74, 6) is -3.30. The quantitative estimate of drug-likeness (QED) is 0.586. The van der Waals surface area contributed by atoms with Crippen molar-refractivity contribution < 1.29 is 26.3 Å².